The lowest BCUT2D eigenvalue weighted by Gasteiger charge is -2.29. The van der Waals surface area contributed by atoms with Crippen LogP contribution in [-0.4, -0.2) is 42.8 Å². The smallest absolute Gasteiger partial charge is 0.351 e. The van der Waals surface area contributed by atoms with E-state index in [9.17, 15) is 17.6 Å². The highest BCUT2D eigenvalue weighted by atomic mass is 32.2. The van der Waals surface area contributed by atoms with E-state index in [1.165, 1.54) is 26.2 Å². The average molecular weight is 423 g/mol. The summed E-state index contributed by atoms with van der Waals surface area (Å²) >= 11 is 0. The van der Waals surface area contributed by atoms with Crippen LogP contribution in [0, 0.1) is 5.82 Å². The summed E-state index contributed by atoms with van der Waals surface area (Å²) in [5.74, 6) is -0.786. The van der Waals surface area contributed by atoms with Crippen molar-refractivity contribution in [2.75, 3.05) is 33.3 Å². The van der Waals surface area contributed by atoms with E-state index in [0.717, 1.165) is 31.5 Å². The van der Waals surface area contributed by atoms with Gasteiger partial charge in [0.1, 0.15) is 5.82 Å². The zero-order valence-corrected chi connectivity index (χ0v) is 16.9. The zero-order chi connectivity index (χ0) is 21.3. The Bertz CT molecular complexity index is 1090. The third-order valence-corrected chi connectivity index (χ3v) is 6.10. The van der Waals surface area contributed by atoms with Gasteiger partial charge < -0.3 is 23.8 Å². The highest BCUT2D eigenvalue weighted by Gasteiger charge is 2.37. The molecule has 0 atom stereocenters. The third kappa shape index (κ3) is 3.35. The van der Waals surface area contributed by atoms with Crippen LogP contribution in [0.4, 0.5) is 15.8 Å². The summed E-state index contributed by atoms with van der Waals surface area (Å²) in [7, 11) is 1.15. The van der Waals surface area contributed by atoms with E-state index >= 15 is 0 Å². The van der Waals surface area contributed by atoms with Gasteiger partial charge in [0.2, 0.25) is 15.6 Å². The number of sulfone groups is 1. The first-order valence-electron chi connectivity index (χ1n) is 8.22. The lowest BCUT2D eigenvalue weighted by atomic mass is 10.2. The molecule has 0 radical (unpaired) electrons. The van der Waals surface area contributed by atoms with Gasteiger partial charge >= 0.3 is 5.97 Å². The molecular weight excluding hydrogens is 405 g/mol. The number of hydrogen-bond acceptors (Lipinski definition) is 8. The summed E-state index contributed by atoms with van der Waals surface area (Å²) in [5.41, 5.74) is 0.370. The molecule has 3 rings (SSSR count). The molecule has 0 bridgehead atoms. The maximum Gasteiger partial charge on any atom is 0.351 e. The van der Waals surface area contributed by atoms with Gasteiger partial charge in [0.25, 0.3) is 0 Å². The maximum absolute atomic E-state index is 14.0. The highest BCUT2D eigenvalue weighted by Crippen LogP contribution is 2.46. The fourth-order valence-corrected chi connectivity index (χ4v) is 4.43. The Morgan fingerprint density at radius 3 is 2.10 bits per heavy atom. The normalized spacial score (nSPS) is 14.5. The molecule has 0 spiro atoms. The number of nitrogens with zero attached hydrogens (tertiary/aromatic N) is 1. The van der Waals surface area contributed by atoms with E-state index in [0.29, 0.717) is 22.9 Å². The first kappa shape index (κ1) is 20.5. The molecular formula is C19H18FNO7S. The molecule has 0 amide bonds. The highest BCUT2D eigenvalue weighted by molar-refractivity contribution is 7.96. The summed E-state index contributed by atoms with van der Waals surface area (Å²) in [6.07, 6.45) is 1.07. The second kappa shape index (κ2) is 7.63. The molecule has 1 heterocycles. The minimum Gasteiger partial charge on any atom is -0.493 e. The molecule has 1 aliphatic rings. The summed E-state index contributed by atoms with van der Waals surface area (Å²) in [6.45, 7) is 0. The minimum absolute atomic E-state index is 0.0203. The standard InChI is InChI=1S/C19H18FNO7S/c1-25-14-8-12(9-15(26-2)18(14)27-3)21-10-17(19(22)28-4)29(23,24)16-6-5-11(20)7-13(16)21/h5-10H,1-4H3. The van der Waals surface area contributed by atoms with Gasteiger partial charge in [-0.05, 0) is 18.2 Å². The first-order chi connectivity index (χ1) is 13.8. The number of fused-ring (bicyclic) bond motifs is 1. The van der Waals surface area contributed by atoms with Crippen LogP contribution >= 0.6 is 0 Å². The fraction of sp³-hybridized carbons (Fsp3) is 0.211. The summed E-state index contributed by atoms with van der Waals surface area (Å²) in [5, 5.41) is 0. The Hall–Kier alpha value is -3.27. The predicted molar refractivity (Wildman–Crippen MR) is 102 cm³/mol. The molecule has 154 valence electrons. The largest absolute Gasteiger partial charge is 0.493 e. The van der Waals surface area contributed by atoms with Gasteiger partial charge in [0.15, 0.2) is 16.4 Å². The fourth-order valence-electron chi connectivity index (χ4n) is 2.96. The number of carbonyl (C=O) groups is 1. The van der Waals surface area contributed by atoms with Gasteiger partial charge in [0, 0.05) is 18.3 Å². The molecule has 0 N–H and O–H groups in total. The third-order valence-electron chi connectivity index (χ3n) is 4.32. The van der Waals surface area contributed by atoms with Crippen LogP contribution in [0.2, 0.25) is 0 Å². The van der Waals surface area contributed by atoms with Gasteiger partial charge in [-0.2, -0.15) is 0 Å². The Labute approximate surface area is 167 Å². The van der Waals surface area contributed by atoms with Gasteiger partial charge in [-0.15, -0.1) is 0 Å². The van der Waals surface area contributed by atoms with Gasteiger partial charge in [-0.1, -0.05) is 0 Å². The molecule has 0 aromatic heterocycles. The molecule has 1 aliphatic heterocycles. The molecule has 0 fully saturated rings. The molecule has 0 unspecified atom stereocenters. The number of carbonyl (C=O) groups excluding carboxylic acids is 1. The van der Waals surface area contributed by atoms with E-state index in [1.54, 1.807) is 12.1 Å². The van der Waals surface area contributed by atoms with E-state index in [2.05, 4.69) is 4.74 Å². The van der Waals surface area contributed by atoms with E-state index < -0.39 is 26.5 Å². The van der Waals surface area contributed by atoms with Crippen LogP contribution in [-0.2, 0) is 19.4 Å². The monoisotopic (exact) mass is 423 g/mol. The van der Waals surface area contributed by atoms with Crippen molar-refractivity contribution in [1.29, 1.82) is 0 Å². The summed E-state index contributed by atoms with van der Waals surface area (Å²) < 4.78 is 60.2. The maximum atomic E-state index is 14.0. The van der Waals surface area contributed by atoms with Gasteiger partial charge in [-0.3, -0.25) is 0 Å². The Balaban J connectivity index is 2.33. The van der Waals surface area contributed by atoms with Crippen molar-refractivity contribution < 1.29 is 36.6 Å². The van der Waals surface area contributed by atoms with Crippen molar-refractivity contribution in [2.45, 2.75) is 4.90 Å². The first-order valence-corrected chi connectivity index (χ1v) is 9.70. The number of ether oxygens (including phenoxy) is 4. The second-order valence-electron chi connectivity index (χ2n) is 5.85. The molecule has 0 saturated heterocycles. The number of halogens is 1. The molecule has 8 nitrogen and oxygen atoms in total. The van der Waals surface area contributed by atoms with E-state index in [4.69, 9.17) is 14.2 Å². The van der Waals surface area contributed by atoms with Crippen LogP contribution in [0.1, 0.15) is 0 Å². The van der Waals surface area contributed by atoms with Crippen LogP contribution < -0.4 is 19.1 Å². The molecule has 0 saturated carbocycles. The van der Waals surface area contributed by atoms with Crippen molar-refractivity contribution in [3.8, 4) is 17.2 Å². The van der Waals surface area contributed by atoms with Crippen molar-refractivity contribution in [3.05, 3.63) is 47.3 Å². The van der Waals surface area contributed by atoms with Crippen LogP contribution in [0.5, 0.6) is 17.2 Å². The molecule has 29 heavy (non-hydrogen) atoms. The summed E-state index contributed by atoms with van der Waals surface area (Å²) in [6, 6.07) is 6.24. The van der Waals surface area contributed by atoms with Crippen molar-refractivity contribution >= 4 is 27.2 Å². The molecule has 10 heteroatoms. The minimum atomic E-state index is -4.21. The zero-order valence-electron chi connectivity index (χ0n) is 16.1. The SMILES string of the molecule is COC(=O)C1=CN(c2cc(OC)c(OC)c(OC)c2)c2cc(F)ccc2S1(=O)=O. The lowest BCUT2D eigenvalue weighted by molar-refractivity contribution is -0.135. The number of methoxy groups -OCH3 is 4. The van der Waals surface area contributed by atoms with Crippen molar-refractivity contribution in [1.82, 2.24) is 0 Å². The van der Waals surface area contributed by atoms with Crippen LogP contribution in [0.25, 0.3) is 0 Å². The Morgan fingerprint density at radius 1 is 0.966 bits per heavy atom. The van der Waals surface area contributed by atoms with E-state index in [-0.39, 0.29) is 10.6 Å². The van der Waals surface area contributed by atoms with Crippen molar-refractivity contribution in [3.63, 3.8) is 0 Å². The number of hydrogen-bond donors (Lipinski definition) is 0. The second-order valence-corrected chi connectivity index (χ2v) is 7.74. The Morgan fingerprint density at radius 2 is 1.59 bits per heavy atom. The number of rotatable bonds is 5. The molecule has 0 aliphatic carbocycles. The van der Waals surface area contributed by atoms with Gasteiger partial charge in [-0.25, -0.2) is 17.6 Å². The van der Waals surface area contributed by atoms with Crippen LogP contribution in [0.3, 0.4) is 0 Å². The molecule has 2 aromatic rings. The molecule has 2 aromatic carbocycles. The van der Waals surface area contributed by atoms with Crippen molar-refractivity contribution in [2.24, 2.45) is 0 Å². The number of anilines is 2. The van der Waals surface area contributed by atoms with E-state index in [1.807, 2.05) is 0 Å². The Kier molecular flexibility index (Phi) is 5.38. The quantitative estimate of drug-likeness (QED) is 0.536. The van der Waals surface area contributed by atoms with Gasteiger partial charge in [0.05, 0.1) is 44.7 Å². The predicted octanol–water partition coefficient (Wildman–Crippen LogP) is 2.79. The number of benzene rings is 2. The number of esters is 1. The average Bonchev–Trinajstić information content (AvgIpc) is 2.71. The topological polar surface area (TPSA) is 91.4 Å². The lowest BCUT2D eigenvalue weighted by Crippen LogP contribution is -2.26. The van der Waals surface area contributed by atoms with Crippen LogP contribution in [0.15, 0.2) is 46.3 Å². The summed E-state index contributed by atoms with van der Waals surface area (Å²) in [4.78, 5) is 12.7.